The zero-order valence-electron chi connectivity index (χ0n) is 11.1. The summed E-state index contributed by atoms with van der Waals surface area (Å²) in [6.45, 7) is 2.42. The van der Waals surface area contributed by atoms with Crippen molar-refractivity contribution in [1.29, 1.82) is 0 Å². The van der Waals surface area contributed by atoms with Crippen molar-refractivity contribution in [2.45, 2.75) is 0 Å². The number of carboxylic acids is 2. The van der Waals surface area contributed by atoms with Crippen LogP contribution in [0, 0.1) is 7.43 Å². The predicted molar refractivity (Wildman–Crippen MR) is 76.2 cm³/mol. The molecule has 0 bridgehead atoms. The van der Waals surface area contributed by atoms with E-state index in [4.69, 9.17) is 54.5 Å². The number of hydrogen-bond donors (Lipinski definition) is 1. The van der Waals surface area contributed by atoms with Gasteiger partial charge in [-0.05, 0) is 12.1 Å². The maximum absolute atomic E-state index is 10.2. The molecule has 0 aliphatic heterocycles. The average molecular weight is 407 g/mol. The molecule has 0 aliphatic rings. The predicted octanol–water partition coefficient (Wildman–Crippen LogP) is 2.48. The van der Waals surface area contributed by atoms with E-state index in [9.17, 15) is 4.79 Å². The van der Waals surface area contributed by atoms with Crippen molar-refractivity contribution in [3.8, 4) is 5.75 Å². The van der Waals surface area contributed by atoms with E-state index in [1.54, 1.807) is 0 Å². The summed E-state index contributed by atoms with van der Waals surface area (Å²) in [5, 5.41) is 18.3. The monoisotopic (exact) mass is 404 g/mol. The number of halogens is 3. The van der Waals surface area contributed by atoms with Crippen LogP contribution in [0.5, 0.6) is 5.75 Å². The molecule has 0 aliphatic carbocycles. The second-order valence-corrected chi connectivity index (χ2v) is 4.12. The van der Waals surface area contributed by atoms with E-state index in [1.165, 1.54) is 12.1 Å². The summed E-state index contributed by atoms with van der Waals surface area (Å²) in [6, 6.07) is 2.76. The van der Waals surface area contributed by atoms with Crippen molar-refractivity contribution in [2.75, 3.05) is 6.61 Å². The van der Waals surface area contributed by atoms with Crippen LogP contribution in [0.4, 0.5) is 0 Å². The summed E-state index contributed by atoms with van der Waals surface area (Å²) in [4.78, 5) is 19.3. The van der Waals surface area contributed by atoms with Crippen molar-refractivity contribution < 1.29 is 44.0 Å². The Bertz CT molecular complexity index is 494. The Balaban J connectivity index is -0.000000405. The number of carbonyl (C=O) groups is 2. The van der Waals surface area contributed by atoms with Gasteiger partial charge in [-0.1, -0.05) is 41.4 Å². The number of rotatable bonds is 4. The van der Waals surface area contributed by atoms with Gasteiger partial charge in [0, 0.05) is 6.07 Å². The van der Waals surface area contributed by atoms with Crippen molar-refractivity contribution in [1.82, 2.24) is 0 Å². The van der Waals surface area contributed by atoms with Gasteiger partial charge in [-0.25, -0.2) is 4.79 Å². The molecular formula is C12H11Cl3O5Zn. The Labute approximate surface area is 150 Å². The standard InChI is InChI=1S/C8H5Cl3O3.C3H4O2.CH3.Zn/c9-4-1-6(11)7(2-5(4)10)14-3-8(12)13;1-2-3(4)5;;/h1-2H,3H2,(H,12,13);2H,1H2,(H,4,5);1H3;/q;;-1;+2/p-1. The maximum atomic E-state index is 10.2. The van der Waals surface area contributed by atoms with E-state index in [0.717, 1.165) is 6.08 Å². The van der Waals surface area contributed by atoms with Crippen LogP contribution in [0.1, 0.15) is 0 Å². The zero-order valence-corrected chi connectivity index (χ0v) is 16.3. The number of hydrogen-bond acceptors (Lipinski definition) is 4. The molecule has 112 valence electrons. The fourth-order valence-electron chi connectivity index (χ4n) is 0.754. The van der Waals surface area contributed by atoms with Crippen LogP contribution >= 0.6 is 34.8 Å². The molecule has 1 N–H and O–H groups in total. The second kappa shape index (κ2) is 12.9. The molecule has 0 unspecified atom stereocenters. The molecular weight excluding hydrogens is 396 g/mol. The molecule has 1 rings (SSSR count). The summed E-state index contributed by atoms with van der Waals surface area (Å²) in [6.07, 6.45) is 0.722. The van der Waals surface area contributed by atoms with Gasteiger partial charge in [0.25, 0.3) is 0 Å². The summed E-state index contributed by atoms with van der Waals surface area (Å²) >= 11 is 17.1. The SMILES string of the molecule is C=CC(=O)[O-].O=C(O)COc1cc(Cl)c(Cl)cc1Cl.[CH3-].[Zn+2]. The van der Waals surface area contributed by atoms with Crippen molar-refractivity contribution >= 4 is 46.7 Å². The summed E-state index contributed by atoms with van der Waals surface area (Å²) in [7, 11) is 0. The molecule has 0 amide bonds. The van der Waals surface area contributed by atoms with Crippen LogP contribution in [0.3, 0.4) is 0 Å². The van der Waals surface area contributed by atoms with E-state index in [1.807, 2.05) is 0 Å². The maximum Gasteiger partial charge on any atom is 2.00 e. The van der Waals surface area contributed by atoms with Crippen molar-refractivity contribution in [3.05, 3.63) is 47.3 Å². The minimum Gasteiger partial charge on any atom is -0.545 e. The number of carboxylic acid groups (broad SMARTS) is 2. The Morgan fingerprint density at radius 1 is 1.24 bits per heavy atom. The Morgan fingerprint density at radius 3 is 2.05 bits per heavy atom. The minimum atomic E-state index is -1.23. The quantitative estimate of drug-likeness (QED) is 0.359. The molecule has 0 saturated carbocycles. The topological polar surface area (TPSA) is 86.7 Å². The van der Waals surface area contributed by atoms with Gasteiger partial charge in [-0.15, -0.1) is 0 Å². The fraction of sp³-hybridized carbons (Fsp3) is 0.0833. The molecule has 9 heteroatoms. The Morgan fingerprint density at radius 2 is 1.67 bits per heavy atom. The first-order valence-corrected chi connectivity index (χ1v) is 5.73. The summed E-state index contributed by atoms with van der Waals surface area (Å²) < 4.78 is 4.86. The second-order valence-electron chi connectivity index (χ2n) is 2.90. The molecule has 0 saturated heterocycles. The van der Waals surface area contributed by atoms with Crippen molar-refractivity contribution in [3.63, 3.8) is 0 Å². The molecule has 0 radical (unpaired) electrons. The summed E-state index contributed by atoms with van der Waals surface area (Å²) in [5.74, 6) is -2.12. The van der Waals surface area contributed by atoms with Crippen LogP contribution in [0.25, 0.3) is 0 Å². The van der Waals surface area contributed by atoms with E-state index >= 15 is 0 Å². The summed E-state index contributed by atoms with van der Waals surface area (Å²) in [5.41, 5.74) is 0. The Kier molecular flexibility index (Phi) is 15.5. The van der Waals surface area contributed by atoms with E-state index < -0.39 is 18.5 Å². The van der Waals surface area contributed by atoms with E-state index in [-0.39, 0.29) is 42.7 Å². The third-order valence-corrected chi connectivity index (χ3v) is 2.51. The molecule has 0 fully saturated rings. The number of benzene rings is 1. The molecule has 1 aromatic rings. The smallest absolute Gasteiger partial charge is 0.545 e. The van der Waals surface area contributed by atoms with Gasteiger partial charge in [-0.2, -0.15) is 0 Å². The van der Waals surface area contributed by atoms with Crippen LogP contribution < -0.4 is 9.84 Å². The van der Waals surface area contributed by atoms with E-state index in [0.29, 0.717) is 5.02 Å². The third-order valence-electron chi connectivity index (χ3n) is 1.49. The average Bonchev–Trinajstić information content (AvgIpc) is 2.32. The number of aliphatic carboxylic acids is 2. The number of carbonyl (C=O) groups excluding carboxylic acids is 1. The minimum absolute atomic E-state index is 0. The number of ether oxygens (including phenoxy) is 1. The first kappa shape index (κ1) is 25.2. The first-order chi connectivity index (χ1) is 8.77. The van der Waals surface area contributed by atoms with Gasteiger partial charge in [-0.3, -0.25) is 0 Å². The molecule has 0 aromatic heterocycles. The van der Waals surface area contributed by atoms with Gasteiger partial charge in [0.1, 0.15) is 5.75 Å². The van der Waals surface area contributed by atoms with Crippen LogP contribution in [-0.2, 0) is 29.1 Å². The van der Waals surface area contributed by atoms with Gasteiger partial charge in [0.05, 0.1) is 21.0 Å². The fourth-order valence-corrected chi connectivity index (χ4v) is 1.35. The first-order valence-electron chi connectivity index (χ1n) is 4.60. The molecule has 0 spiro atoms. The zero-order chi connectivity index (χ0) is 15.0. The van der Waals surface area contributed by atoms with E-state index in [2.05, 4.69) is 6.58 Å². The Hall–Kier alpha value is -0.807. The normalized spacial score (nSPS) is 8.14. The molecule has 21 heavy (non-hydrogen) atoms. The van der Waals surface area contributed by atoms with Crippen molar-refractivity contribution in [2.24, 2.45) is 0 Å². The molecule has 0 heterocycles. The molecule has 1 aromatic carbocycles. The largest absolute Gasteiger partial charge is 2.00 e. The molecule has 0 atom stereocenters. The molecule has 5 nitrogen and oxygen atoms in total. The van der Waals surface area contributed by atoms with Gasteiger partial charge < -0.3 is 27.2 Å². The van der Waals surface area contributed by atoms with Crippen LogP contribution in [0.2, 0.25) is 15.1 Å². The third kappa shape index (κ3) is 11.5. The van der Waals surface area contributed by atoms with Crippen LogP contribution in [0.15, 0.2) is 24.8 Å². The van der Waals surface area contributed by atoms with Gasteiger partial charge >= 0.3 is 25.4 Å². The van der Waals surface area contributed by atoms with Gasteiger partial charge in [0.2, 0.25) is 0 Å². The van der Waals surface area contributed by atoms with Crippen LogP contribution in [-0.4, -0.2) is 23.7 Å². The van der Waals surface area contributed by atoms with Gasteiger partial charge in [0.15, 0.2) is 6.61 Å².